The Morgan fingerprint density at radius 3 is 2.67 bits per heavy atom. The van der Waals surface area contributed by atoms with Gasteiger partial charge in [-0.25, -0.2) is 0 Å². The summed E-state index contributed by atoms with van der Waals surface area (Å²) in [4.78, 5) is 28.9. The average molecular weight is 506 g/mol. The predicted octanol–water partition coefficient (Wildman–Crippen LogP) is 5.72. The zero-order chi connectivity index (χ0) is 23.3. The maximum atomic E-state index is 13.7. The number of halogens is 1. The fourth-order valence-electron chi connectivity index (χ4n) is 4.27. The molecule has 5 rings (SSSR count). The van der Waals surface area contributed by atoms with Gasteiger partial charge in [-0.1, -0.05) is 39.7 Å². The Morgan fingerprint density at radius 1 is 1.09 bits per heavy atom. The molecule has 1 aliphatic rings. The molecule has 3 aromatic carbocycles. The van der Waals surface area contributed by atoms with Crippen LogP contribution in [-0.4, -0.2) is 17.6 Å². The predicted molar refractivity (Wildman–Crippen MR) is 129 cm³/mol. The molecule has 0 saturated heterocycles. The number of hydrogen-bond acceptors (Lipinski definition) is 5. The Balaban J connectivity index is 1.81. The number of carbonyl (C=O) groups is 1. The SMILES string of the molecule is CCOc1cc(C2c3c(oc4ccc(C)cc4c3=O)C(=O)N2c2cccc(Br)c2)ccc1O. The van der Waals surface area contributed by atoms with Crippen molar-refractivity contribution >= 4 is 38.5 Å². The van der Waals surface area contributed by atoms with Crippen molar-refractivity contribution < 1.29 is 19.1 Å². The highest BCUT2D eigenvalue weighted by atomic mass is 79.9. The van der Waals surface area contributed by atoms with Crippen molar-refractivity contribution in [1.29, 1.82) is 0 Å². The molecule has 6 nitrogen and oxygen atoms in total. The first-order valence-corrected chi connectivity index (χ1v) is 11.3. The minimum atomic E-state index is -0.747. The van der Waals surface area contributed by atoms with Crippen LogP contribution in [0.3, 0.4) is 0 Å². The van der Waals surface area contributed by atoms with Crippen LogP contribution in [0.25, 0.3) is 11.0 Å². The van der Waals surface area contributed by atoms with Crippen LogP contribution in [0.5, 0.6) is 11.5 Å². The Bertz CT molecular complexity index is 1480. The molecule has 1 unspecified atom stereocenters. The molecular weight excluding hydrogens is 486 g/mol. The molecule has 0 aliphatic carbocycles. The third-order valence-corrected chi connectivity index (χ3v) is 6.20. The summed E-state index contributed by atoms with van der Waals surface area (Å²) in [6.45, 7) is 4.08. The van der Waals surface area contributed by atoms with E-state index in [9.17, 15) is 14.7 Å². The van der Waals surface area contributed by atoms with Gasteiger partial charge in [-0.3, -0.25) is 14.5 Å². The van der Waals surface area contributed by atoms with Crippen LogP contribution >= 0.6 is 15.9 Å². The van der Waals surface area contributed by atoms with Gasteiger partial charge in [0.05, 0.1) is 23.6 Å². The van der Waals surface area contributed by atoms with E-state index in [1.54, 1.807) is 35.2 Å². The fraction of sp³-hybridized carbons (Fsp3) is 0.154. The highest BCUT2D eigenvalue weighted by molar-refractivity contribution is 9.10. The van der Waals surface area contributed by atoms with Gasteiger partial charge < -0.3 is 14.3 Å². The van der Waals surface area contributed by atoms with E-state index < -0.39 is 11.9 Å². The normalized spacial score (nSPS) is 15.2. The Kier molecular flexibility index (Phi) is 5.21. The van der Waals surface area contributed by atoms with Crippen molar-refractivity contribution in [2.24, 2.45) is 0 Å². The molecule has 1 aliphatic heterocycles. The molecular formula is C26H20BrNO5. The molecule has 33 heavy (non-hydrogen) atoms. The number of rotatable bonds is 4. The van der Waals surface area contributed by atoms with Gasteiger partial charge in [0.25, 0.3) is 5.91 Å². The minimum absolute atomic E-state index is 0.0136. The average Bonchev–Trinajstić information content (AvgIpc) is 3.08. The van der Waals surface area contributed by atoms with Crippen LogP contribution in [0.1, 0.15) is 40.2 Å². The number of anilines is 1. The summed E-state index contributed by atoms with van der Waals surface area (Å²) in [6, 6.07) is 16.7. The highest BCUT2D eigenvalue weighted by Gasteiger charge is 2.44. The van der Waals surface area contributed by atoms with E-state index >= 15 is 0 Å². The first-order valence-electron chi connectivity index (χ1n) is 10.5. The number of ether oxygens (including phenoxy) is 1. The molecule has 1 N–H and O–H groups in total. The zero-order valence-electron chi connectivity index (χ0n) is 18.0. The van der Waals surface area contributed by atoms with Crippen LogP contribution in [0.15, 0.2) is 74.3 Å². The largest absolute Gasteiger partial charge is 0.504 e. The smallest absolute Gasteiger partial charge is 0.295 e. The van der Waals surface area contributed by atoms with Crippen molar-refractivity contribution in [2.45, 2.75) is 19.9 Å². The second-order valence-electron chi connectivity index (χ2n) is 7.89. The number of fused-ring (bicyclic) bond motifs is 2. The molecule has 4 aromatic rings. The summed E-state index contributed by atoms with van der Waals surface area (Å²) in [7, 11) is 0. The van der Waals surface area contributed by atoms with Crippen LogP contribution in [0, 0.1) is 6.92 Å². The van der Waals surface area contributed by atoms with Crippen LogP contribution in [0.2, 0.25) is 0 Å². The van der Waals surface area contributed by atoms with Crippen LogP contribution in [0.4, 0.5) is 5.69 Å². The summed E-state index contributed by atoms with van der Waals surface area (Å²) in [5.41, 5.74) is 2.54. The number of phenols is 1. The summed E-state index contributed by atoms with van der Waals surface area (Å²) in [5, 5.41) is 10.6. The van der Waals surface area contributed by atoms with Gasteiger partial charge in [-0.05, 0) is 61.9 Å². The third kappa shape index (κ3) is 3.49. The molecule has 1 aromatic heterocycles. The number of benzene rings is 3. The van der Waals surface area contributed by atoms with Crippen LogP contribution in [-0.2, 0) is 0 Å². The van der Waals surface area contributed by atoms with Gasteiger partial charge in [0.15, 0.2) is 16.9 Å². The van der Waals surface area contributed by atoms with Gasteiger partial charge in [0.2, 0.25) is 5.76 Å². The van der Waals surface area contributed by atoms with E-state index in [2.05, 4.69) is 15.9 Å². The molecule has 7 heteroatoms. The maximum absolute atomic E-state index is 13.7. The van der Waals surface area contributed by atoms with Gasteiger partial charge >= 0.3 is 0 Å². The van der Waals surface area contributed by atoms with Crippen molar-refractivity contribution in [2.75, 3.05) is 11.5 Å². The molecule has 2 heterocycles. The number of aryl methyl sites for hydroxylation is 1. The number of carbonyl (C=O) groups excluding carboxylic acids is 1. The first-order chi connectivity index (χ1) is 15.9. The number of nitrogens with zero attached hydrogens (tertiary/aromatic N) is 1. The molecule has 0 fully saturated rings. The van der Waals surface area contributed by atoms with E-state index in [1.807, 2.05) is 38.1 Å². The zero-order valence-corrected chi connectivity index (χ0v) is 19.5. The number of aromatic hydroxyl groups is 1. The lowest BCUT2D eigenvalue weighted by molar-refractivity contribution is 0.0971. The summed E-state index contributed by atoms with van der Waals surface area (Å²) in [5.74, 6) is -0.113. The lowest BCUT2D eigenvalue weighted by Gasteiger charge is -2.26. The van der Waals surface area contributed by atoms with Crippen molar-refractivity contribution in [1.82, 2.24) is 0 Å². The highest BCUT2D eigenvalue weighted by Crippen LogP contribution is 2.43. The van der Waals surface area contributed by atoms with Crippen molar-refractivity contribution in [3.05, 3.63) is 97.8 Å². The van der Waals surface area contributed by atoms with Gasteiger partial charge in [0.1, 0.15) is 5.58 Å². The fourth-order valence-corrected chi connectivity index (χ4v) is 4.65. The number of hydrogen-bond donors (Lipinski definition) is 1. The number of amides is 1. The van der Waals surface area contributed by atoms with E-state index in [1.165, 1.54) is 6.07 Å². The second kappa shape index (κ2) is 8.08. The molecule has 0 saturated carbocycles. The van der Waals surface area contributed by atoms with Crippen molar-refractivity contribution in [3.63, 3.8) is 0 Å². The van der Waals surface area contributed by atoms with Crippen LogP contribution < -0.4 is 15.1 Å². The summed E-state index contributed by atoms with van der Waals surface area (Å²) >= 11 is 3.46. The molecule has 166 valence electrons. The Hall–Kier alpha value is -3.58. The Labute approximate surface area is 198 Å². The van der Waals surface area contributed by atoms with Gasteiger partial charge in [-0.15, -0.1) is 0 Å². The number of phenolic OH excluding ortho intramolecular Hbond substituents is 1. The minimum Gasteiger partial charge on any atom is -0.504 e. The summed E-state index contributed by atoms with van der Waals surface area (Å²) in [6.07, 6.45) is 0. The maximum Gasteiger partial charge on any atom is 0.295 e. The first kappa shape index (κ1) is 21.3. The third-order valence-electron chi connectivity index (χ3n) is 5.71. The second-order valence-corrected chi connectivity index (χ2v) is 8.81. The summed E-state index contributed by atoms with van der Waals surface area (Å²) < 4.78 is 12.4. The lowest BCUT2D eigenvalue weighted by Crippen LogP contribution is -2.29. The topological polar surface area (TPSA) is 80.0 Å². The molecule has 1 atom stereocenters. The lowest BCUT2D eigenvalue weighted by atomic mass is 9.97. The monoisotopic (exact) mass is 505 g/mol. The van der Waals surface area contributed by atoms with Gasteiger partial charge in [0, 0.05) is 10.2 Å². The molecule has 0 spiro atoms. The standard InChI is InChI=1S/C26H20BrNO5/c1-3-32-21-12-15(8-9-19(21)29)23-22-24(30)18-11-14(2)7-10-20(18)33-25(22)26(31)28(23)17-6-4-5-16(27)13-17/h4-13,23,29H,3H2,1-2H3. The van der Waals surface area contributed by atoms with E-state index in [-0.39, 0.29) is 28.3 Å². The Morgan fingerprint density at radius 2 is 1.91 bits per heavy atom. The quantitative estimate of drug-likeness (QED) is 0.383. The molecule has 0 radical (unpaired) electrons. The molecule has 1 amide bonds. The van der Waals surface area contributed by atoms with E-state index in [0.717, 1.165) is 10.0 Å². The van der Waals surface area contributed by atoms with Crippen molar-refractivity contribution in [3.8, 4) is 11.5 Å². The van der Waals surface area contributed by atoms with E-state index in [0.29, 0.717) is 28.8 Å². The van der Waals surface area contributed by atoms with Gasteiger partial charge in [-0.2, -0.15) is 0 Å². The van der Waals surface area contributed by atoms with E-state index in [4.69, 9.17) is 9.15 Å². The molecule has 0 bridgehead atoms.